The standard InChI is InChI=1S/C57H63ClN2O14/c1-35-45(64-30-36-18-8-3-9-19-36)47-43(58)55(69-35)73-48-44(56(63-2)70-41-34-68-54(71-46(41)48)40-26-16-7-17-27-40)60-42(61)28-29-59-53(62)51-49(65-31-37-20-10-4-11-21-37)50(66-32-38-22-12-5-13-23-38)52(57(72-47)74-51)67-33-39-24-14-6-15-25-39/h3-27,35,41,43-52,54-57H,28-34H2,1-2H3,(H,59,62)(H,60,61)/t35-,41+,43+,44+,45-,46+,47-,48+,49+,50+,51+,52+,54+,55-,56+,57+/m0/s1. The van der Waals surface area contributed by atoms with E-state index < -0.39 is 109 Å². The normalized spacial score (nSPS) is 33.6. The van der Waals surface area contributed by atoms with Crippen molar-refractivity contribution in [2.75, 3.05) is 20.3 Å². The molecule has 2 amide bonds. The van der Waals surface area contributed by atoms with Gasteiger partial charge < -0.3 is 67.5 Å². The van der Waals surface area contributed by atoms with Crippen LogP contribution in [-0.2, 0) is 92.9 Å². The summed E-state index contributed by atoms with van der Waals surface area (Å²) in [4.78, 5) is 29.0. The third-order valence-corrected chi connectivity index (χ3v) is 14.3. The Labute approximate surface area is 436 Å². The summed E-state index contributed by atoms with van der Waals surface area (Å²) in [7, 11) is 1.48. The van der Waals surface area contributed by atoms with E-state index in [9.17, 15) is 9.59 Å². The van der Waals surface area contributed by atoms with Gasteiger partial charge in [0.2, 0.25) is 5.91 Å². The zero-order valence-corrected chi connectivity index (χ0v) is 42.0. The molecule has 10 rings (SSSR count). The van der Waals surface area contributed by atoms with Crippen LogP contribution in [0.5, 0.6) is 0 Å². The van der Waals surface area contributed by atoms with E-state index in [-0.39, 0.29) is 46.0 Å². The fourth-order valence-corrected chi connectivity index (χ4v) is 10.4. The summed E-state index contributed by atoms with van der Waals surface area (Å²) in [5.41, 5.74) is 4.30. The summed E-state index contributed by atoms with van der Waals surface area (Å²) in [5.74, 6) is -0.994. The first-order valence-electron chi connectivity index (χ1n) is 25.2. The van der Waals surface area contributed by atoms with Crippen molar-refractivity contribution in [1.82, 2.24) is 10.6 Å². The first-order valence-corrected chi connectivity index (χ1v) is 25.7. The lowest BCUT2D eigenvalue weighted by molar-refractivity contribution is -0.373. The van der Waals surface area contributed by atoms with Crippen LogP contribution in [0.3, 0.4) is 0 Å². The maximum Gasteiger partial charge on any atom is 0.252 e. The van der Waals surface area contributed by atoms with Gasteiger partial charge in [-0.1, -0.05) is 152 Å². The van der Waals surface area contributed by atoms with Gasteiger partial charge in [0.05, 0.1) is 39.1 Å². The van der Waals surface area contributed by atoms with E-state index in [1.807, 2.05) is 159 Å². The fourth-order valence-electron chi connectivity index (χ4n) is 10.0. The molecule has 0 aromatic heterocycles. The highest BCUT2D eigenvalue weighted by atomic mass is 35.5. The van der Waals surface area contributed by atoms with E-state index in [1.165, 1.54) is 7.11 Å². The second-order valence-electron chi connectivity index (χ2n) is 18.9. The molecule has 4 bridgehead atoms. The van der Waals surface area contributed by atoms with Gasteiger partial charge in [0, 0.05) is 25.6 Å². The zero-order valence-electron chi connectivity index (χ0n) is 41.2. The molecule has 0 spiro atoms. The Morgan fingerprint density at radius 3 is 1.64 bits per heavy atom. The van der Waals surface area contributed by atoms with Gasteiger partial charge in [0.15, 0.2) is 31.3 Å². The van der Waals surface area contributed by atoms with Crippen LogP contribution in [0.1, 0.15) is 47.5 Å². The van der Waals surface area contributed by atoms with E-state index in [0.717, 1.165) is 27.8 Å². The van der Waals surface area contributed by atoms with E-state index >= 15 is 0 Å². The second-order valence-corrected chi connectivity index (χ2v) is 19.4. The number of benzene rings is 5. The van der Waals surface area contributed by atoms with Crippen LogP contribution >= 0.6 is 11.6 Å². The summed E-state index contributed by atoms with van der Waals surface area (Å²) in [6.45, 7) is 2.42. The predicted octanol–water partition coefficient (Wildman–Crippen LogP) is 6.67. The highest BCUT2D eigenvalue weighted by molar-refractivity contribution is 6.21. The molecule has 0 saturated carbocycles. The van der Waals surface area contributed by atoms with Gasteiger partial charge in [-0.3, -0.25) is 9.59 Å². The molecule has 5 heterocycles. The molecule has 0 aliphatic carbocycles. The molecule has 5 aromatic rings. The lowest BCUT2D eigenvalue weighted by atomic mass is 9.94. The summed E-state index contributed by atoms with van der Waals surface area (Å²) in [5, 5.41) is 4.90. The smallest absolute Gasteiger partial charge is 0.252 e. The van der Waals surface area contributed by atoms with Crippen molar-refractivity contribution in [2.45, 2.75) is 137 Å². The molecule has 74 heavy (non-hydrogen) atoms. The monoisotopic (exact) mass is 1030 g/mol. The predicted molar refractivity (Wildman–Crippen MR) is 268 cm³/mol. The summed E-state index contributed by atoms with van der Waals surface area (Å²) in [6, 6.07) is 47.3. The van der Waals surface area contributed by atoms with Crippen LogP contribution < -0.4 is 10.6 Å². The molecular weight excluding hydrogens is 972 g/mol. The third kappa shape index (κ3) is 12.6. The van der Waals surface area contributed by atoms with Crippen LogP contribution in [0, 0.1) is 0 Å². The van der Waals surface area contributed by atoms with Crippen molar-refractivity contribution >= 4 is 23.4 Å². The minimum atomic E-state index is -1.35. The second kappa shape index (κ2) is 25.1. The van der Waals surface area contributed by atoms with Crippen molar-refractivity contribution in [3.05, 3.63) is 179 Å². The number of ether oxygens (including phenoxy) is 12. The quantitative estimate of drug-likeness (QED) is 0.113. The number of hydrogen-bond donors (Lipinski definition) is 2. The molecule has 5 aliphatic rings. The topological polar surface area (TPSA) is 169 Å². The number of halogens is 1. The maximum absolute atomic E-state index is 14.9. The van der Waals surface area contributed by atoms with Crippen molar-refractivity contribution < 1.29 is 66.4 Å². The number of carbonyl (C=O) groups is 2. The Balaban J connectivity index is 1.05. The zero-order chi connectivity index (χ0) is 50.8. The van der Waals surface area contributed by atoms with E-state index in [1.54, 1.807) is 0 Å². The summed E-state index contributed by atoms with van der Waals surface area (Å²) >= 11 is 7.73. The van der Waals surface area contributed by atoms with Crippen LogP contribution in [0.25, 0.3) is 0 Å². The number of methoxy groups -OCH3 is 1. The van der Waals surface area contributed by atoms with Crippen LogP contribution in [0.15, 0.2) is 152 Å². The lowest BCUT2D eigenvalue weighted by Gasteiger charge is -2.52. The van der Waals surface area contributed by atoms with Gasteiger partial charge in [-0.15, -0.1) is 11.6 Å². The third-order valence-electron chi connectivity index (χ3n) is 13.8. The molecule has 17 heteroatoms. The highest BCUT2D eigenvalue weighted by Gasteiger charge is 2.58. The Hall–Kier alpha value is -5.15. The summed E-state index contributed by atoms with van der Waals surface area (Å²) < 4.78 is 80.6. The van der Waals surface area contributed by atoms with Crippen molar-refractivity contribution in [3.8, 4) is 0 Å². The Kier molecular flexibility index (Phi) is 17.8. The number of amides is 2. The van der Waals surface area contributed by atoms with E-state index in [4.69, 9.17) is 68.4 Å². The minimum absolute atomic E-state index is 0.0841. The van der Waals surface area contributed by atoms with Gasteiger partial charge in [-0.2, -0.15) is 0 Å². The molecule has 392 valence electrons. The molecule has 0 unspecified atom stereocenters. The number of alkyl halides is 1. The first kappa shape index (κ1) is 52.3. The number of carbonyl (C=O) groups excluding carboxylic acids is 2. The molecule has 2 N–H and O–H groups in total. The van der Waals surface area contributed by atoms with Crippen molar-refractivity contribution in [2.24, 2.45) is 0 Å². The Morgan fingerprint density at radius 1 is 0.554 bits per heavy atom. The van der Waals surface area contributed by atoms with Gasteiger partial charge >= 0.3 is 0 Å². The van der Waals surface area contributed by atoms with Crippen molar-refractivity contribution in [3.63, 3.8) is 0 Å². The molecule has 5 fully saturated rings. The highest BCUT2D eigenvalue weighted by Crippen LogP contribution is 2.41. The van der Waals surface area contributed by atoms with Gasteiger partial charge in [0.1, 0.15) is 60.3 Å². The van der Waals surface area contributed by atoms with Crippen LogP contribution in [0.4, 0.5) is 0 Å². The number of nitrogens with one attached hydrogen (secondary N) is 2. The fraction of sp³-hybridized carbons (Fsp3) is 0.439. The number of fused-ring (bicyclic) bond motifs is 7. The Morgan fingerprint density at radius 2 is 1.07 bits per heavy atom. The van der Waals surface area contributed by atoms with E-state index in [0.29, 0.717) is 0 Å². The van der Waals surface area contributed by atoms with Gasteiger partial charge in [-0.25, -0.2) is 0 Å². The molecule has 16 atom stereocenters. The van der Waals surface area contributed by atoms with E-state index in [2.05, 4.69) is 10.6 Å². The Bertz CT molecular complexity index is 2520. The number of hydrogen-bond acceptors (Lipinski definition) is 14. The van der Waals surface area contributed by atoms with Crippen molar-refractivity contribution in [1.29, 1.82) is 0 Å². The summed E-state index contributed by atoms with van der Waals surface area (Å²) in [6.07, 6.45) is -14.1. The molecule has 5 aromatic carbocycles. The van der Waals surface area contributed by atoms with Crippen LogP contribution in [0.2, 0.25) is 0 Å². The molecule has 0 radical (unpaired) electrons. The molecule has 5 aliphatic heterocycles. The average molecular weight is 1040 g/mol. The van der Waals surface area contributed by atoms with Crippen LogP contribution in [-0.4, -0.2) is 123 Å². The average Bonchev–Trinajstić information content (AvgIpc) is 3.44. The molecule has 16 nitrogen and oxygen atoms in total. The minimum Gasteiger partial charge on any atom is -0.368 e. The SMILES string of the molecule is CO[C@@H]1O[C@@H]2CO[C@@H](c3ccccc3)O[C@H]2[C@@H]2O[C@@H]3O[C@@H](C)[C@H](OCc4ccccc4)[C@@H](O[C@@H]4O[C@@H](C(=O)NCCC(=O)N[C@@H]12)[C@H](OCc1ccccc1)[C@@H](OCc1ccccc1)[C@H]4OCc1ccccc1)[C@H]3Cl. The molecule has 5 saturated heterocycles. The number of rotatable bonds is 14. The van der Waals surface area contributed by atoms with Gasteiger partial charge in [0.25, 0.3) is 5.91 Å². The largest absolute Gasteiger partial charge is 0.368 e. The first-order chi connectivity index (χ1) is 36.3. The molecular formula is C57H63ClN2O14. The maximum atomic E-state index is 14.9. The van der Waals surface area contributed by atoms with Gasteiger partial charge in [-0.05, 0) is 29.2 Å². The lowest BCUT2D eigenvalue weighted by Crippen LogP contribution is -2.70.